The van der Waals surface area contributed by atoms with E-state index in [0.717, 1.165) is 24.9 Å². The molecule has 3 heterocycles. The van der Waals surface area contributed by atoms with Crippen LogP contribution in [0.3, 0.4) is 0 Å². The average molecular weight is 414 g/mol. The van der Waals surface area contributed by atoms with Gasteiger partial charge >= 0.3 is 0 Å². The topological polar surface area (TPSA) is 67.7 Å². The third-order valence-electron chi connectivity index (χ3n) is 5.32. The van der Waals surface area contributed by atoms with E-state index >= 15 is 0 Å². The van der Waals surface area contributed by atoms with E-state index in [-0.39, 0.29) is 24.1 Å². The maximum atomic E-state index is 13.9. The zero-order valence-electron chi connectivity index (χ0n) is 17.0. The van der Waals surface area contributed by atoms with Gasteiger partial charge in [-0.15, -0.1) is 0 Å². The number of aromatic nitrogens is 2. The summed E-state index contributed by atoms with van der Waals surface area (Å²) in [5, 5.41) is 6.32. The van der Waals surface area contributed by atoms with Gasteiger partial charge in [-0.2, -0.15) is 0 Å². The van der Waals surface area contributed by atoms with Crippen molar-refractivity contribution in [3.05, 3.63) is 64.6 Å². The summed E-state index contributed by atoms with van der Waals surface area (Å²) >= 11 is 0. The molecule has 4 rings (SSSR count). The van der Waals surface area contributed by atoms with E-state index in [4.69, 9.17) is 4.74 Å². The first-order valence-corrected chi connectivity index (χ1v) is 10.0. The molecule has 1 saturated heterocycles. The van der Waals surface area contributed by atoms with Crippen LogP contribution in [0.1, 0.15) is 40.2 Å². The number of benzene rings is 1. The predicted molar refractivity (Wildman–Crippen MR) is 109 cm³/mol. The summed E-state index contributed by atoms with van der Waals surface area (Å²) < 4.78 is 35.3. The van der Waals surface area contributed by atoms with E-state index in [1.54, 1.807) is 23.6 Å². The molecule has 158 valence electrons. The Kier molecular flexibility index (Phi) is 5.67. The molecule has 6 nitrogen and oxygen atoms in total. The Morgan fingerprint density at radius 1 is 1.33 bits per heavy atom. The Hall–Kier alpha value is -3.00. The van der Waals surface area contributed by atoms with Crippen molar-refractivity contribution in [1.82, 2.24) is 20.0 Å². The first kappa shape index (κ1) is 20.3. The van der Waals surface area contributed by atoms with Gasteiger partial charge in [0.05, 0.1) is 11.3 Å². The van der Waals surface area contributed by atoms with Crippen LogP contribution in [0.4, 0.5) is 8.78 Å². The molecule has 1 aromatic carbocycles. The van der Waals surface area contributed by atoms with Crippen LogP contribution in [0.5, 0.6) is 5.75 Å². The van der Waals surface area contributed by atoms with E-state index in [0.29, 0.717) is 29.3 Å². The summed E-state index contributed by atoms with van der Waals surface area (Å²) in [7, 11) is 0. The molecule has 0 spiro atoms. The lowest BCUT2D eigenvalue weighted by atomic mass is 10.2. The zero-order valence-corrected chi connectivity index (χ0v) is 17.0. The Morgan fingerprint density at radius 3 is 2.80 bits per heavy atom. The lowest BCUT2D eigenvalue weighted by molar-refractivity contribution is 0.0943. The molecule has 1 fully saturated rings. The van der Waals surface area contributed by atoms with Crippen molar-refractivity contribution in [1.29, 1.82) is 0 Å². The smallest absolute Gasteiger partial charge is 0.270 e. The highest BCUT2D eigenvalue weighted by atomic mass is 19.1. The summed E-state index contributed by atoms with van der Waals surface area (Å²) in [5.41, 5.74) is 2.09. The molecule has 1 amide bonds. The van der Waals surface area contributed by atoms with E-state index < -0.39 is 11.6 Å². The fourth-order valence-corrected chi connectivity index (χ4v) is 3.79. The SMILES string of the molecule is Cc1cc(OCc2c(F)cccc2F)c2nc(C)c(C(=O)NCC3CCCN3)n2c1. The van der Waals surface area contributed by atoms with Gasteiger partial charge in [0.25, 0.3) is 5.91 Å². The number of halogens is 2. The largest absolute Gasteiger partial charge is 0.485 e. The van der Waals surface area contributed by atoms with Crippen LogP contribution in [0.15, 0.2) is 30.5 Å². The number of hydrogen-bond acceptors (Lipinski definition) is 4. The standard InChI is InChI=1S/C22H24F2N4O2/c1-13-9-19(30-12-16-17(23)6-3-7-18(16)24)21-27-14(2)20(28(21)11-13)22(29)26-10-15-5-4-8-25-15/h3,6-7,9,11,15,25H,4-5,8,10,12H2,1-2H3,(H,26,29). The molecule has 0 radical (unpaired) electrons. The third kappa shape index (κ3) is 4.00. The van der Waals surface area contributed by atoms with E-state index in [9.17, 15) is 13.6 Å². The summed E-state index contributed by atoms with van der Waals surface area (Å²) in [5.74, 6) is -1.19. The molecule has 1 aliphatic rings. The molecular weight excluding hydrogens is 390 g/mol. The van der Waals surface area contributed by atoms with Crippen molar-refractivity contribution in [3.63, 3.8) is 0 Å². The van der Waals surface area contributed by atoms with Crippen LogP contribution in [-0.2, 0) is 6.61 Å². The van der Waals surface area contributed by atoms with E-state index in [2.05, 4.69) is 15.6 Å². The van der Waals surface area contributed by atoms with Gasteiger partial charge < -0.3 is 15.4 Å². The van der Waals surface area contributed by atoms with Gasteiger partial charge in [-0.25, -0.2) is 13.8 Å². The maximum Gasteiger partial charge on any atom is 0.270 e. The quantitative estimate of drug-likeness (QED) is 0.650. The number of hydrogen-bond donors (Lipinski definition) is 2. The lowest BCUT2D eigenvalue weighted by Crippen LogP contribution is -2.37. The molecule has 2 N–H and O–H groups in total. The van der Waals surface area contributed by atoms with Crippen LogP contribution < -0.4 is 15.4 Å². The molecule has 0 bridgehead atoms. The van der Waals surface area contributed by atoms with Crippen molar-refractivity contribution < 1.29 is 18.3 Å². The highest BCUT2D eigenvalue weighted by molar-refractivity contribution is 5.95. The number of ether oxygens (including phenoxy) is 1. The number of nitrogens with zero attached hydrogens (tertiary/aromatic N) is 2. The molecular formula is C22H24F2N4O2. The fourth-order valence-electron chi connectivity index (χ4n) is 3.79. The number of imidazole rings is 1. The maximum absolute atomic E-state index is 13.9. The summed E-state index contributed by atoms with van der Waals surface area (Å²) in [6.07, 6.45) is 3.95. The first-order valence-electron chi connectivity index (χ1n) is 10.0. The zero-order chi connectivity index (χ0) is 21.3. The minimum Gasteiger partial charge on any atom is -0.485 e. The number of carbonyl (C=O) groups excluding carboxylic acids is 1. The van der Waals surface area contributed by atoms with E-state index in [1.807, 2.05) is 6.92 Å². The summed E-state index contributed by atoms with van der Waals surface area (Å²) in [6.45, 7) is 4.85. The van der Waals surface area contributed by atoms with Crippen LogP contribution in [0.2, 0.25) is 0 Å². The van der Waals surface area contributed by atoms with Crippen molar-refractivity contribution in [3.8, 4) is 5.75 Å². The molecule has 0 aliphatic carbocycles. The minimum atomic E-state index is -0.668. The average Bonchev–Trinajstić information content (AvgIpc) is 3.33. The molecule has 30 heavy (non-hydrogen) atoms. The van der Waals surface area contributed by atoms with Crippen molar-refractivity contribution in [2.24, 2.45) is 0 Å². The highest BCUT2D eigenvalue weighted by Crippen LogP contribution is 2.26. The predicted octanol–water partition coefficient (Wildman–Crippen LogP) is 3.29. The number of rotatable bonds is 6. The molecule has 3 aromatic rings. The second-order valence-corrected chi connectivity index (χ2v) is 7.61. The third-order valence-corrected chi connectivity index (χ3v) is 5.32. The first-order chi connectivity index (χ1) is 14.4. The van der Waals surface area contributed by atoms with Gasteiger partial charge in [0.15, 0.2) is 11.4 Å². The van der Waals surface area contributed by atoms with Crippen LogP contribution in [0.25, 0.3) is 5.65 Å². The van der Waals surface area contributed by atoms with Gasteiger partial charge in [-0.3, -0.25) is 9.20 Å². The number of aryl methyl sites for hydroxylation is 2. The second kappa shape index (κ2) is 8.39. The van der Waals surface area contributed by atoms with Crippen molar-refractivity contribution in [2.45, 2.75) is 39.3 Å². The van der Waals surface area contributed by atoms with Crippen molar-refractivity contribution in [2.75, 3.05) is 13.1 Å². The number of carbonyl (C=O) groups is 1. The van der Waals surface area contributed by atoms with Crippen LogP contribution >= 0.6 is 0 Å². The Morgan fingerprint density at radius 2 is 2.10 bits per heavy atom. The van der Waals surface area contributed by atoms with Gasteiger partial charge in [-0.1, -0.05) is 6.07 Å². The van der Waals surface area contributed by atoms with Crippen LogP contribution in [-0.4, -0.2) is 34.4 Å². The number of amides is 1. The fraction of sp³-hybridized carbons (Fsp3) is 0.364. The Bertz CT molecular complexity index is 1070. The molecule has 0 saturated carbocycles. The summed E-state index contributed by atoms with van der Waals surface area (Å²) in [6, 6.07) is 5.71. The number of fused-ring (bicyclic) bond motifs is 1. The van der Waals surface area contributed by atoms with Gasteiger partial charge in [-0.05, 0) is 57.0 Å². The normalized spacial score (nSPS) is 16.2. The molecule has 1 atom stereocenters. The number of nitrogens with one attached hydrogen (secondary N) is 2. The highest BCUT2D eigenvalue weighted by Gasteiger charge is 2.22. The molecule has 8 heteroatoms. The number of pyridine rings is 1. The van der Waals surface area contributed by atoms with Gasteiger partial charge in [0.2, 0.25) is 0 Å². The van der Waals surface area contributed by atoms with E-state index in [1.165, 1.54) is 18.2 Å². The lowest BCUT2D eigenvalue weighted by Gasteiger charge is -2.13. The monoisotopic (exact) mass is 414 g/mol. The molecule has 2 aromatic heterocycles. The Labute approximate surface area is 173 Å². The summed E-state index contributed by atoms with van der Waals surface area (Å²) in [4.78, 5) is 17.3. The second-order valence-electron chi connectivity index (χ2n) is 7.61. The van der Waals surface area contributed by atoms with Crippen LogP contribution in [0, 0.1) is 25.5 Å². The Balaban J connectivity index is 1.60. The molecule has 1 aliphatic heterocycles. The minimum absolute atomic E-state index is 0.150. The van der Waals surface area contributed by atoms with Gasteiger partial charge in [0.1, 0.15) is 23.9 Å². The van der Waals surface area contributed by atoms with Gasteiger partial charge in [0, 0.05) is 18.8 Å². The van der Waals surface area contributed by atoms with Crippen molar-refractivity contribution >= 4 is 11.6 Å². The molecule has 1 unspecified atom stereocenters.